The van der Waals surface area contributed by atoms with Gasteiger partial charge in [0, 0.05) is 37.6 Å². The Morgan fingerprint density at radius 2 is 2.06 bits per heavy atom. The van der Waals surface area contributed by atoms with Crippen LogP contribution in [-0.4, -0.2) is 53.3 Å². The molecule has 8 heteroatoms. The van der Waals surface area contributed by atoms with Gasteiger partial charge >= 0.3 is 5.69 Å². The number of hydrogen-bond donors (Lipinski definition) is 1. The average Bonchev–Trinajstić information content (AvgIpc) is 3.72. The zero-order valence-electron chi connectivity index (χ0n) is 18.9. The van der Waals surface area contributed by atoms with E-state index in [9.17, 15) is 9.59 Å². The first-order chi connectivity index (χ1) is 15.5. The molecule has 1 atom stereocenters. The molecule has 1 aliphatic heterocycles. The van der Waals surface area contributed by atoms with Crippen LogP contribution in [0.4, 0.5) is 5.69 Å². The summed E-state index contributed by atoms with van der Waals surface area (Å²) in [5.74, 6) is 1.16. The van der Waals surface area contributed by atoms with Crippen LogP contribution in [0.5, 0.6) is 5.75 Å². The van der Waals surface area contributed by atoms with Crippen LogP contribution in [-0.2, 0) is 0 Å². The van der Waals surface area contributed by atoms with E-state index < -0.39 is 0 Å². The first-order valence-corrected chi connectivity index (χ1v) is 11.8. The number of H-pyrrole nitrogens is 1. The van der Waals surface area contributed by atoms with Crippen molar-refractivity contribution in [2.24, 2.45) is 5.92 Å². The third kappa shape index (κ3) is 3.30. The standard InChI is InChI=1S/C24H31N5O3/c1-3-28(13-4-12-25)24(10-11-24)16-9-14-27(15-16)19-8-7-18-20(21(19)32-2)29(17-5-6-17)23(31)26-22(18)30/h7-8,16-17H,3-6,9-11,13-15H2,1-2H3,(H,26,30,31). The molecule has 3 aliphatic rings. The SMILES string of the molecule is CCN(CCC#N)C1(C2CCN(c3ccc4c(=O)[nH]c(=O)n(C5CC5)c4c3OC)C2)CC1. The molecule has 0 bridgehead atoms. The molecule has 2 heterocycles. The number of nitrogens with one attached hydrogen (secondary N) is 1. The van der Waals surface area contributed by atoms with Gasteiger partial charge in [-0.3, -0.25) is 19.2 Å². The Balaban J connectivity index is 1.50. The van der Waals surface area contributed by atoms with Gasteiger partial charge in [0.1, 0.15) is 5.52 Å². The van der Waals surface area contributed by atoms with Gasteiger partial charge < -0.3 is 9.64 Å². The molecule has 32 heavy (non-hydrogen) atoms. The normalized spacial score (nSPS) is 21.8. The molecule has 1 saturated heterocycles. The van der Waals surface area contributed by atoms with Gasteiger partial charge in [-0.05, 0) is 56.7 Å². The summed E-state index contributed by atoms with van der Waals surface area (Å²) < 4.78 is 7.58. The molecule has 1 aromatic heterocycles. The van der Waals surface area contributed by atoms with Crippen molar-refractivity contribution in [3.05, 3.63) is 33.0 Å². The Morgan fingerprint density at radius 3 is 2.69 bits per heavy atom. The number of aromatic amines is 1. The Hall–Kier alpha value is -2.79. The van der Waals surface area contributed by atoms with Crippen LogP contribution in [0.1, 0.15) is 51.5 Å². The van der Waals surface area contributed by atoms with Crippen molar-refractivity contribution in [3.63, 3.8) is 0 Å². The molecule has 1 N–H and O–H groups in total. The van der Waals surface area contributed by atoms with E-state index in [0.717, 1.165) is 51.1 Å². The summed E-state index contributed by atoms with van der Waals surface area (Å²) in [6.45, 7) is 5.82. The fourth-order valence-corrected chi connectivity index (χ4v) is 5.85. The van der Waals surface area contributed by atoms with Crippen molar-refractivity contribution in [2.45, 2.75) is 57.0 Å². The summed E-state index contributed by atoms with van der Waals surface area (Å²) in [6, 6.07) is 6.22. The minimum absolute atomic E-state index is 0.130. The van der Waals surface area contributed by atoms with E-state index in [1.54, 1.807) is 11.7 Å². The number of rotatable bonds is 8. The van der Waals surface area contributed by atoms with E-state index in [4.69, 9.17) is 10.00 Å². The smallest absolute Gasteiger partial charge is 0.329 e. The van der Waals surface area contributed by atoms with E-state index in [-0.39, 0.29) is 22.8 Å². The Bertz CT molecular complexity index is 1190. The third-order valence-electron chi connectivity index (χ3n) is 7.71. The lowest BCUT2D eigenvalue weighted by Gasteiger charge is -2.35. The topological polar surface area (TPSA) is 94.4 Å². The molecule has 1 unspecified atom stereocenters. The first-order valence-electron chi connectivity index (χ1n) is 11.8. The molecule has 2 saturated carbocycles. The molecule has 2 aliphatic carbocycles. The molecule has 1 aromatic carbocycles. The Labute approximate surface area is 187 Å². The number of methoxy groups -OCH3 is 1. The lowest BCUT2D eigenvalue weighted by Crippen LogP contribution is -2.44. The number of benzene rings is 1. The van der Waals surface area contributed by atoms with Crippen molar-refractivity contribution >= 4 is 16.6 Å². The lowest BCUT2D eigenvalue weighted by atomic mass is 9.94. The molecule has 3 fully saturated rings. The second-order valence-corrected chi connectivity index (χ2v) is 9.40. The zero-order chi connectivity index (χ0) is 22.5. The molecule has 170 valence electrons. The van der Waals surface area contributed by atoms with E-state index >= 15 is 0 Å². The highest BCUT2D eigenvalue weighted by Gasteiger charge is 2.54. The summed E-state index contributed by atoms with van der Waals surface area (Å²) >= 11 is 0. The highest BCUT2D eigenvalue weighted by molar-refractivity contribution is 5.90. The molecular weight excluding hydrogens is 406 g/mol. The first kappa shape index (κ1) is 21.1. The van der Waals surface area contributed by atoms with Crippen LogP contribution in [0.3, 0.4) is 0 Å². The predicted octanol–water partition coefficient (Wildman–Crippen LogP) is 2.63. The van der Waals surface area contributed by atoms with Gasteiger partial charge in [-0.15, -0.1) is 0 Å². The lowest BCUT2D eigenvalue weighted by molar-refractivity contribution is 0.137. The van der Waals surface area contributed by atoms with Gasteiger partial charge in [0.05, 0.1) is 24.3 Å². The Morgan fingerprint density at radius 1 is 1.28 bits per heavy atom. The summed E-state index contributed by atoms with van der Waals surface area (Å²) in [5, 5.41) is 9.55. The number of nitrogens with zero attached hydrogens (tertiary/aromatic N) is 4. The largest absolute Gasteiger partial charge is 0.492 e. The van der Waals surface area contributed by atoms with Crippen molar-refractivity contribution in [1.29, 1.82) is 5.26 Å². The fraction of sp³-hybridized carbons (Fsp3) is 0.625. The minimum Gasteiger partial charge on any atom is -0.492 e. The third-order valence-corrected chi connectivity index (χ3v) is 7.71. The second-order valence-electron chi connectivity index (χ2n) is 9.40. The summed E-state index contributed by atoms with van der Waals surface area (Å²) in [4.78, 5) is 32.5. The summed E-state index contributed by atoms with van der Waals surface area (Å²) in [6.07, 6.45) is 5.93. The van der Waals surface area contributed by atoms with Crippen molar-refractivity contribution in [1.82, 2.24) is 14.5 Å². The predicted molar refractivity (Wildman–Crippen MR) is 123 cm³/mol. The van der Waals surface area contributed by atoms with Crippen LogP contribution in [0.15, 0.2) is 21.7 Å². The maximum Gasteiger partial charge on any atom is 0.329 e. The molecule has 0 amide bonds. The van der Waals surface area contributed by atoms with E-state index in [0.29, 0.717) is 29.0 Å². The number of fused-ring (bicyclic) bond motifs is 1. The maximum absolute atomic E-state index is 12.6. The van der Waals surface area contributed by atoms with Crippen LogP contribution in [0.2, 0.25) is 0 Å². The fourth-order valence-electron chi connectivity index (χ4n) is 5.85. The molecular formula is C24H31N5O3. The van der Waals surface area contributed by atoms with Crippen LogP contribution < -0.4 is 20.9 Å². The molecule has 2 aromatic rings. The van der Waals surface area contributed by atoms with Crippen LogP contribution in [0, 0.1) is 17.2 Å². The number of nitriles is 1. The molecule has 8 nitrogen and oxygen atoms in total. The summed E-state index contributed by atoms with van der Waals surface area (Å²) in [7, 11) is 1.62. The quantitative estimate of drug-likeness (QED) is 0.682. The van der Waals surface area contributed by atoms with Crippen LogP contribution >= 0.6 is 0 Å². The minimum atomic E-state index is -0.362. The number of anilines is 1. The molecule has 5 rings (SSSR count). The monoisotopic (exact) mass is 437 g/mol. The van der Waals surface area contributed by atoms with E-state index in [1.165, 1.54) is 12.8 Å². The average molecular weight is 438 g/mol. The number of ether oxygens (including phenoxy) is 1. The number of aromatic nitrogens is 2. The van der Waals surface area contributed by atoms with Crippen molar-refractivity contribution in [3.8, 4) is 11.8 Å². The van der Waals surface area contributed by atoms with E-state index in [2.05, 4.69) is 27.8 Å². The van der Waals surface area contributed by atoms with Gasteiger partial charge in [-0.1, -0.05) is 6.92 Å². The zero-order valence-corrected chi connectivity index (χ0v) is 18.9. The van der Waals surface area contributed by atoms with Crippen molar-refractivity contribution < 1.29 is 4.74 Å². The van der Waals surface area contributed by atoms with Crippen molar-refractivity contribution in [2.75, 3.05) is 38.2 Å². The highest BCUT2D eigenvalue weighted by Crippen LogP contribution is 2.52. The summed E-state index contributed by atoms with van der Waals surface area (Å²) in [5.41, 5.74) is 1.07. The van der Waals surface area contributed by atoms with E-state index in [1.807, 2.05) is 12.1 Å². The second kappa shape index (κ2) is 7.96. The Kier molecular flexibility index (Phi) is 5.25. The van der Waals surface area contributed by atoms with Gasteiger partial charge in [0.2, 0.25) is 0 Å². The molecule has 0 spiro atoms. The van der Waals surface area contributed by atoms with Gasteiger partial charge in [0.25, 0.3) is 5.56 Å². The molecule has 0 radical (unpaired) electrons. The number of hydrogen-bond acceptors (Lipinski definition) is 6. The van der Waals surface area contributed by atoms with Crippen LogP contribution in [0.25, 0.3) is 10.9 Å². The maximum atomic E-state index is 12.6. The van der Waals surface area contributed by atoms with Gasteiger partial charge in [-0.25, -0.2) is 4.79 Å². The highest BCUT2D eigenvalue weighted by atomic mass is 16.5. The van der Waals surface area contributed by atoms with Gasteiger partial charge in [-0.2, -0.15) is 5.26 Å². The van der Waals surface area contributed by atoms with Gasteiger partial charge in [0.15, 0.2) is 5.75 Å².